The number of hydrogen-bond acceptors (Lipinski definition) is 5. The first kappa shape index (κ1) is 18.6. The van der Waals surface area contributed by atoms with Crippen LogP contribution in [0.4, 0.5) is 5.69 Å². The van der Waals surface area contributed by atoms with Gasteiger partial charge in [0.2, 0.25) is 0 Å². The monoisotopic (exact) mass is 374 g/mol. The Kier molecular flexibility index (Phi) is 6.37. The van der Waals surface area contributed by atoms with Crippen molar-refractivity contribution in [3.05, 3.63) is 41.1 Å². The van der Waals surface area contributed by atoms with Crippen LogP contribution < -0.4 is 10.2 Å². The van der Waals surface area contributed by atoms with Gasteiger partial charge < -0.3 is 19.9 Å². The highest BCUT2D eigenvalue weighted by atomic mass is 35.5. The predicted octanol–water partition coefficient (Wildman–Crippen LogP) is 2.16. The SMILES string of the molecule is N#C/C(=C/N1CCN(c2cccc(Cl)c2)CC1)C(=O)NCC1CCCO1. The molecule has 2 saturated heterocycles. The second-order valence-corrected chi connectivity index (χ2v) is 6.94. The molecular weight excluding hydrogens is 352 g/mol. The van der Waals surface area contributed by atoms with Gasteiger partial charge in [0.15, 0.2) is 0 Å². The zero-order valence-electron chi connectivity index (χ0n) is 14.7. The molecule has 2 fully saturated rings. The topological polar surface area (TPSA) is 68.6 Å². The number of benzene rings is 1. The van der Waals surface area contributed by atoms with Gasteiger partial charge in [-0.25, -0.2) is 0 Å². The Labute approximate surface area is 159 Å². The Balaban J connectivity index is 1.52. The summed E-state index contributed by atoms with van der Waals surface area (Å²) < 4.78 is 5.49. The minimum Gasteiger partial charge on any atom is -0.376 e. The van der Waals surface area contributed by atoms with Gasteiger partial charge in [-0.2, -0.15) is 5.26 Å². The molecule has 0 aliphatic carbocycles. The smallest absolute Gasteiger partial charge is 0.263 e. The third kappa shape index (κ3) is 4.90. The van der Waals surface area contributed by atoms with E-state index in [1.165, 1.54) is 0 Å². The van der Waals surface area contributed by atoms with Crippen LogP contribution in [-0.2, 0) is 9.53 Å². The summed E-state index contributed by atoms with van der Waals surface area (Å²) in [6, 6.07) is 9.80. The summed E-state index contributed by atoms with van der Waals surface area (Å²) in [5, 5.41) is 12.8. The lowest BCUT2D eigenvalue weighted by atomic mass is 10.2. The van der Waals surface area contributed by atoms with Crippen molar-refractivity contribution in [2.24, 2.45) is 0 Å². The molecule has 3 rings (SSSR count). The number of nitriles is 1. The van der Waals surface area contributed by atoms with Crippen LogP contribution in [0.25, 0.3) is 0 Å². The van der Waals surface area contributed by atoms with Crippen molar-refractivity contribution >= 4 is 23.2 Å². The molecule has 0 bridgehead atoms. The lowest BCUT2D eigenvalue weighted by Crippen LogP contribution is -2.44. The summed E-state index contributed by atoms with van der Waals surface area (Å²) in [6.45, 7) is 4.33. The van der Waals surface area contributed by atoms with E-state index in [1.807, 2.05) is 35.2 Å². The van der Waals surface area contributed by atoms with Gasteiger partial charge in [0.25, 0.3) is 5.91 Å². The molecule has 2 heterocycles. The van der Waals surface area contributed by atoms with Gasteiger partial charge in [-0.15, -0.1) is 0 Å². The molecule has 1 aromatic rings. The molecule has 2 aliphatic heterocycles. The molecule has 0 spiro atoms. The summed E-state index contributed by atoms with van der Waals surface area (Å²) in [5.41, 5.74) is 1.23. The van der Waals surface area contributed by atoms with Gasteiger partial charge in [0, 0.05) is 56.2 Å². The summed E-state index contributed by atoms with van der Waals surface area (Å²) in [5.74, 6) is -0.333. The third-order valence-corrected chi connectivity index (χ3v) is 4.91. The quantitative estimate of drug-likeness (QED) is 0.632. The van der Waals surface area contributed by atoms with Gasteiger partial charge in [0.05, 0.1) is 6.10 Å². The van der Waals surface area contributed by atoms with E-state index < -0.39 is 0 Å². The number of anilines is 1. The second kappa shape index (κ2) is 8.93. The minimum atomic E-state index is -0.333. The number of hydrogen-bond donors (Lipinski definition) is 1. The minimum absolute atomic E-state index is 0.0696. The second-order valence-electron chi connectivity index (χ2n) is 6.50. The predicted molar refractivity (Wildman–Crippen MR) is 101 cm³/mol. The standard InChI is InChI=1S/C19H23ClN4O2/c20-16-3-1-4-17(11-16)24-8-6-23(7-9-24)14-15(12-21)19(25)22-13-18-5-2-10-26-18/h1,3-4,11,14,18H,2,5-10,13H2,(H,22,25)/b15-14-. The molecular formula is C19H23ClN4O2. The Hall–Kier alpha value is -2.23. The Morgan fingerprint density at radius 2 is 2.19 bits per heavy atom. The molecule has 1 atom stereocenters. The van der Waals surface area contributed by atoms with Crippen molar-refractivity contribution < 1.29 is 9.53 Å². The number of nitrogens with one attached hydrogen (secondary N) is 1. The van der Waals surface area contributed by atoms with Crippen LogP contribution in [0.15, 0.2) is 36.0 Å². The molecule has 138 valence electrons. The van der Waals surface area contributed by atoms with E-state index in [0.717, 1.165) is 56.3 Å². The number of carbonyl (C=O) groups is 1. The maximum atomic E-state index is 12.2. The zero-order chi connectivity index (χ0) is 18.4. The molecule has 6 nitrogen and oxygen atoms in total. The Morgan fingerprint density at radius 1 is 1.38 bits per heavy atom. The first-order valence-corrected chi connectivity index (χ1v) is 9.30. The molecule has 1 unspecified atom stereocenters. The maximum absolute atomic E-state index is 12.2. The van der Waals surface area contributed by atoms with Crippen molar-refractivity contribution in [3.63, 3.8) is 0 Å². The number of carbonyl (C=O) groups excluding carboxylic acids is 1. The van der Waals surface area contributed by atoms with E-state index >= 15 is 0 Å². The van der Waals surface area contributed by atoms with Crippen LogP contribution in [0, 0.1) is 11.3 Å². The molecule has 1 N–H and O–H groups in total. The highest BCUT2D eigenvalue weighted by Gasteiger charge is 2.20. The number of amides is 1. The van der Waals surface area contributed by atoms with Crippen LogP contribution in [-0.4, -0.2) is 56.2 Å². The van der Waals surface area contributed by atoms with Crippen LogP contribution in [0.3, 0.4) is 0 Å². The van der Waals surface area contributed by atoms with Crippen molar-refractivity contribution in [1.82, 2.24) is 10.2 Å². The number of nitrogens with zero attached hydrogens (tertiary/aromatic N) is 3. The Morgan fingerprint density at radius 3 is 2.85 bits per heavy atom. The number of halogens is 1. The fourth-order valence-electron chi connectivity index (χ4n) is 3.21. The summed E-state index contributed by atoms with van der Waals surface area (Å²) in [7, 11) is 0. The normalized spacial score (nSPS) is 20.8. The van der Waals surface area contributed by atoms with E-state index in [-0.39, 0.29) is 17.6 Å². The van der Waals surface area contributed by atoms with Gasteiger partial charge >= 0.3 is 0 Å². The van der Waals surface area contributed by atoms with E-state index in [4.69, 9.17) is 16.3 Å². The summed E-state index contributed by atoms with van der Waals surface area (Å²) in [6.07, 6.45) is 3.72. The molecule has 26 heavy (non-hydrogen) atoms. The van der Waals surface area contributed by atoms with Crippen LogP contribution >= 0.6 is 11.6 Å². The average molecular weight is 375 g/mol. The van der Waals surface area contributed by atoms with Gasteiger partial charge in [-0.1, -0.05) is 17.7 Å². The maximum Gasteiger partial charge on any atom is 0.263 e. The molecule has 2 aliphatic rings. The van der Waals surface area contributed by atoms with Gasteiger partial charge in [0.1, 0.15) is 11.6 Å². The summed E-state index contributed by atoms with van der Waals surface area (Å²) in [4.78, 5) is 16.5. The van der Waals surface area contributed by atoms with Crippen molar-refractivity contribution in [2.45, 2.75) is 18.9 Å². The van der Waals surface area contributed by atoms with Crippen LogP contribution in [0.1, 0.15) is 12.8 Å². The van der Waals surface area contributed by atoms with E-state index in [2.05, 4.69) is 10.2 Å². The molecule has 0 saturated carbocycles. The highest BCUT2D eigenvalue weighted by molar-refractivity contribution is 6.30. The molecule has 1 aromatic carbocycles. The largest absolute Gasteiger partial charge is 0.376 e. The first-order valence-electron chi connectivity index (χ1n) is 8.92. The number of rotatable bonds is 5. The van der Waals surface area contributed by atoms with Gasteiger partial charge in [-0.05, 0) is 31.0 Å². The molecule has 0 radical (unpaired) electrons. The zero-order valence-corrected chi connectivity index (χ0v) is 15.4. The van der Waals surface area contributed by atoms with Gasteiger partial charge in [-0.3, -0.25) is 4.79 Å². The van der Waals surface area contributed by atoms with Crippen LogP contribution in [0.2, 0.25) is 5.02 Å². The van der Waals surface area contributed by atoms with E-state index in [1.54, 1.807) is 6.20 Å². The lowest BCUT2D eigenvalue weighted by Gasteiger charge is -2.35. The first-order chi connectivity index (χ1) is 12.7. The molecule has 1 amide bonds. The lowest BCUT2D eigenvalue weighted by molar-refractivity contribution is -0.117. The summed E-state index contributed by atoms with van der Waals surface area (Å²) >= 11 is 6.06. The van der Waals surface area contributed by atoms with E-state index in [9.17, 15) is 10.1 Å². The molecule has 7 heteroatoms. The third-order valence-electron chi connectivity index (χ3n) is 4.68. The molecule has 0 aromatic heterocycles. The average Bonchev–Trinajstić information content (AvgIpc) is 3.18. The van der Waals surface area contributed by atoms with Crippen molar-refractivity contribution in [3.8, 4) is 6.07 Å². The van der Waals surface area contributed by atoms with Crippen molar-refractivity contribution in [1.29, 1.82) is 5.26 Å². The van der Waals surface area contributed by atoms with Crippen molar-refractivity contribution in [2.75, 3.05) is 44.2 Å². The Bertz CT molecular complexity index is 702. The number of piperazine rings is 1. The van der Waals surface area contributed by atoms with Crippen LogP contribution in [0.5, 0.6) is 0 Å². The fourth-order valence-corrected chi connectivity index (χ4v) is 3.39. The van der Waals surface area contributed by atoms with E-state index in [0.29, 0.717) is 6.54 Å². The number of ether oxygens (including phenoxy) is 1. The fraction of sp³-hybridized carbons (Fsp3) is 0.474. The highest BCUT2D eigenvalue weighted by Crippen LogP contribution is 2.21.